The van der Waals surface area contributed by atoms with Crippen molar-refractivity contribution in [1.82, 2.24) is 4.57 Å². The Morgan fingerprint density at radius 1 is 1.12 bits per heavy atom. The average Bonchev–Trinajstić information content (AvgIpc) is 3.14. The van der Waals surface area contributed by atoms with E-state index in [0.717, 1.165) is 22.0 Å². The van der Waals surface area contributed by atoms with E-state index < -0.39 is 5.97 Å². The summed E-state index contributed by atoms with van der Waals surface area (Å²) in [5.74, 6) is -0.280. The summed E-state index contributed by atoms with van der Waals surface area (Å²) in [6, 6.07) is 17.4. The molecule has 0 saturated heterocycles. The predicted molar refractivity (Wildman–Crippen MR) is 93.6 cm³/mol. The maximum absolute atomic E-state index is 11.8. The van der Waals surface area contributed by atoms with Gasteiger partial charge in [-0.25, -0.2) is 4.79 Å². The number of benzene rings is 2. The van der Waals surface area contributed by atoms with Crippen LogP contribution in [0.5, 0.6) is 0 Å². The van der Waals surface area contributed by atoms with Gasteiger partial charge < -0.3 is 13.7 Å². The molecule has 4 nitrogen and oxygen atoms in total. The minimum absolute atomic E-state index is 0.202. The third-order valence-electron chi connectivity index (χ3n) is 4.06. The maximum atomic E-state index is 11.8. The molecule has 0 aliphatic carbocycles. The molecule has 2 aromatic carbocycles. The van der Waals surface area contributed by atoms with Crippen LogP contribution in [0.4, 0.5) is 0 Å². The van der Waals surface area contributed by atoms with Gasteiger partial charge in [-0.15, -0.1) is 0 Å². The summed E-state index contributed by atoms with van der Waals surface area (Å²) in [6.07, 6.45) is 0. The minimum Gasteiger partial charge on any atom is -0.463 e. The lowest BCUT2D eigenvalue weighted by molar-refractivity contribution is 0.0568. The number of nitrogens with zero attached hydrogens (tertiary/aromatic N) is 1. The topological polar surface area (TPSA) is 44.4 Å². The molecule has 0 bridgehead atoms. The van der Waals surface area contributed by atoms with E-state index in [-0.39, 0.29) is 5.76 Å². The highest BCUT2D eigenvalue weighted by atomic mass is 35.5. The van der Waals surface area contributed by atoms with E-state index in [1.54, 1.807) is 6.07 Å². The molecule has 5 heteroatoms. The Kier molecular flexibility index (Phi) is 3.54. The van der Waals surface area contributed by atoms with Crippen LogP contribution in [-0.4, -0.2) is 17.6 Å². The zero-order valence-electron chi connectivity index (χ0n) is 13.0. The zero-order chi connectivity index (χ0) is 16.7. The number of fused-ring (bicyclic) bond motifs is 3. The molecule has 0 spiro atoms. The van der Waals surface area contributed by atoms with Gasteiger partial charge in [0.05, 0.1) is 18.1 Å². The number of carbonyl (C=O) groups excluding carboxylic acids is 1. The molecule has 0 N–H and O–H groups in total. The first-order valence-corrected chi connectivity index (χ1v) is 7.88. The van der Waals surface area contributed by atoms with Gasteiger partial charge in [-0.1, -0.05) is 35.9 Å². The Balaban J connectivity index is 1.93. The van der Waals surface area contributed by atoms with Crippen LogP contribution in [0.1, 0.15) is 16.1 Å². The van der Waals surface area contributed by atoms with Crippen molar-refractivity contribution in [2.75, 3.05) is 7.11 Å². The second-order valence-electron chi connectivity index (χ2n) is 5.55. The van der Waals surface area contributed by atoms with Gasteiger partial charge in [-0.3, -0.25) is 0 Å². The van der Waals surface area contributed by atoms with Gasteiger partial charge in [-0.05, 0) is 29.8 Å². The number of aromatic nitrogens is 1. The molecule has 4 aromatic rings. The number of hydrogen-bond acceptors (Lipinski definition) is 3. The number of rotatable bonds is 3. The van der Waals surface area contributed by atoms with Gasteiger partial charge in [0, 0.05) is 23.0 Å². The first-order chi connectivity index (χ1) is 11.7. The molecular formula is C19H14ClNO3. The average molecular weight is 340 g/mol. The molecule has 0 aliphatic heterocycles. The van der Waals surface area contributed by atoms with Crippen LogP contribution in [0.3, 0.4) is 0 Å². The largest absolute Gasteiger partial charge is 0.463 e. The first-order valence-electron chi connectivity index (χ1n) is 7.51. The number of halogens is 1. The van der Waals surface area contributed by atoms with E-state index >= 15 is 0 Å². The Hall–Kier alpha value is -2.72. The van der Waals surface area contributed by atoms with Crippen molar-refractivity contribution >= 4 is 39.6 Å². The van der Waals surface area contributed by atoms with Crippen LogP contribution in [0, 0.1) is 0 Å². The van der Waals surface area contributed by atoms with Gasteiger partial charge in [0.1, 0.15) is 0 Å². The summed E-state index contributed by atoms with van der Waals surface area (Å²) < 4.78 is 12.6. The summed E-state index contributed by atoms with van der Waals surface area (Å²) >= 11 is 6.10. The number of ether oxygens (including phenoxy) is 1. The smallest absolute Gasteiger partial charge is 0.374 e. The van der Waals surface area contributed by atoms with Gasteiger partial charge in [0.25, 0.3) is 0 Å². The molecule has 0 radical (unpaired) electrons. The van der Waals surface area contributed by atoms with E-state index in [0.29, 0.717) is 17.2 Å². The molecule has 24 heavy (non-hydrogen) atoms. The highest BCUT2D eigenvalue weighted by molar-refractivity contribution is 6.30. The van der Waals surface area contributed by atoms with Crippen molar-refractivity contribution in [2.45, 2.75) is 6.54 Å². The second-order valence-corrected chi connectivity index (χ2v) is 5.99. The zero-order valence-corrected chi connectivity index (χ0v) is 13.7. The lowest BCUT2D eigenvalue weighted by atomic mass is 10.2. The van der Waals surface area contributed by atoms with Crippen LogP contribution < -0.4 is 0 Å². The van der Waals surface area contributed by atoms with Crippen LogP contribution >= 0.6 is 11.6 Å². The minimum atomic E-state index is -0.482. The lowest BCUT2D eigenvalue weighted by Gasteiger charge is -2.07. The highest BCUT2D eigenvalue weighted by Gasteiger charge is 2.19. The van der Waals surface area contributed by atoms with Crippen molar-refractivity contribution in [3.63, 3.8) is 0 Å². The first kappa shape index (κ1) is 14.8. The molecule has 0 saturated carbocycles. The second kappa shape index (κ2) is 5.73. The number of carbonyl (C=O) groups is 1. The molecule has 0 amide bonds. The monoisotopic (exact) mass is 339 g/mol. The van der Waals surface area contributed by atoms with Crippen LogP contribution in [0.15, 0.2) is 59.0 Å². The van der Waals surface area contributed by atoms with Gasteiger partial charge in [-0.2, -0.15) is 0 Å². The Morgan fingerprint density at radius 2 is 1.96 bits per heavy atom. The maximum Gasteiger partial charge on any atom is 0.374 e. The molecule has 2 heterocycles. The van der Waals surface area contributed by atoms with Crippen LogP contribution in [0.25, 0.3) is 22.0 Å². The van der Waals surface area contributed by atoms with E-state index in [4.69, 9.17) is 20.8 Å². The number of methoxy groups -OCH3 is 1. The van der Waals surface area contributed by atoms with Crippen molar-refractivity contribution in [3.8, 4) is 0 Å². The fourth-order valence-electron chi connectivity index (χ4n) is 3.00. The van der Waals surface area contributed by atoms with Crippen molar-refractivity contribution in [2.24, 2.45) is 0 Å². The SMILES string of the molecule is COC(=O)c1cc2c(o1)c1ccccc1n2Cc1cccc(Cl)c1. The predicted octanol–water partition coefficient (Wildman–Crippen LogP) is 4.88. The molecular weight excluding hydrogens is 326 g/mol. The quantitative estimate of drug-likeness (QED) is 0.500. The number of hydrogen-bond donors (Lipinski definition) is 0. The Bertz CT molecular complexity index is 1060. The highest BCUT2D eigenvalue weighted by Crippen LogP contribution is 2.32. The molecule has 0 unspecified atom stereocenters. The normalized spacial score (nSPS) is 11.2. The fourth-order valence-corrected chi connectivity index (χ4v) is 3.21. The molecule has 0 aliphatic rings. The lowest BCUT2D eigenvalue weighted by Crippen LogP contribution is -2.00. The molecule has 0 atom stereocenters. The van der Waals surface area contributed by atoms with Crippen molar-refractivity contribution < 1.29 is 13.9 Å². The number of furan rings is 1. The third-order valence-corrected chi connectivity index (χ3v) is 4.29. The van der Waals surface area contributed by atoms with Crippen LogP contribution in [-0.2, 0) is 11.3 Å². The molecule has 4 rings (SSSR count). The van der Waals surface area contributed by atoms with E-state index in [1.165, 1.54) is 7.11 Å². The number of para-hydroxylation sites is 1. The molecule has 0 fully saturated rings. The standard InChI is InChI=1S/C19H14ClNO3/c1-23-19(22)17-10-16-18(24-17)14-7-2-3-8-15(14)21(16)11-12-5-4-6-13(20)9-12/h2-10H,11H2,1H3. The summed E-state index contributed by atoms with van der Waals surface area (Å²) in [4.78, 5) is 11.8. The van der Waals surface area contributed by atoms with Crippen LogP contribution in [0.2, 0.25) is 5.02 Å². The number of esters is 1. The van der Waals surface area contributed by atoms with E-state index in [9.17, 15) is 4.79 Å². The van der Waals surface area contributed by atoms with Crippen molar-refractivity contribution in [1.29, 1.82) is 0 Å². The Labute approximate surface area is 143 Å². The van der Waals surface area contributed by atoms with Crippen molar-refractivity contribution in [3.05, 3.63) is 70.9 Å². The van der Waals surface area contributed by atoms with Gasteiger partial charge >= 0.3 is 5.97 Å². The fraction of sp³-hybridized carbons (Fsp3) is 0.105. The Morgan fingerprint density at radius 3 is 2.75 bits per heavy atom. The van der Waals surface area contributed by atoms with Gasteiger partial charge in [0.2, 0.25) is 5.76 Å². The molecule has 2 aromatic heterocycles. The van der Waals surface area contributed by atoms with Gasteiger partial charge in [0.15, 0.2) is 5.58 Å². The summed E-state index contributed by atoms with van der Waals surface area (Å²) in [6.45, 7) is 0.630. The summed E-state index contributed by atoms with van der Waals surface area (Å²) in [7, 11) is 1.34. The van der Waals surface area contributed by atoms with E-state index in [2.05, 4.69) is 4.57 Å². The van der Waals surface area contributed by atoms with E-state index in [1.807, 2.05) is 48.5 Å². The third kappa shape index (κ3) is 2.36. The summed E-state index contributed by atoms with van der Waals surface area (Å²) in [5.41, 5.74) is 3.67. The molecule has 120 valence electrons. The summed E-state index contributed by atoms with van der Waals surface area (Å²) in [5, 5.41) is 1.66.